The number of aromatic nitrogens is 4. The van der Waals surface area contributed by atoms with Crippen LogP contribution in [-0.2, 0) is 6.54 Å². The third-order valence-electron chi connectivity index (χ3n) is 3.34. The van der Waals surface area contributed by atoms with Crippen LogP contribution in [0.1, 0.15) is 15.2 Å². The number of tetrazole rings is 1. The maximum atomic E-state index is 12.7. The van der Waals surface area contributed by atoms with Crippen LogP contribution in [0.4, 0.5) is 0 Å². The van der Waals surface area contributed by atoms with Gasteiger partial charge in [0.1, 0.15) is 6.33 Å². The minimum absolute atomic E-state index is 0.0670. The molecule has 2 heterocycles. The Kier molecular flexibility index (Phi) is 5.02. The smallest absolute Gasteiger partial charge is 0.254 e. The average molecular weight is 360 g/mol. The van der Waals surface area contributed by atoms with Gasteiger partial charge in [0.2, 0.25) is 0 Å². The molecule has 0 aliphatic heterocycles. The molecule has 0 atom stereocenters. The second kappa shape index (κ2) is 7.37. The van der Waals surface area contributed by atoms with Crippen LogP contribution in [0.3, 0.4) is 0 Å². The molecular weight excluding hydrogens is 346 g/mol. The van der Waals surface area contributed by atoms with Crippen LogP contribution in [0, 0.1) is 0 Å². The Bertz CT molecular complexity index is 829. The van der Waals surface area contributed by atoms with Crippen molar-refractivity contribution >= 4 is 28.8 Å². The Balaban J connectivity index is 1.77. The number of rotatable bonds is 6. The van der Waals surface area contributed by atoms with E-state index in [1.54, 1.807) is 35.2 Å². The summed E-state index contributed by atoms with van der Waals surface area (Å²) < 4.78 is 2.24. The minimum atomic E-state index is -0.0670. The van der Waals surface area contributed by atoms with Gasteiger partial charge in [0, 0.05) is 17.0 Å². The van der Waals surface area contributed by atoms with Gasteiger partial charge in [0.05, 0.1) is 16.6 Å². The second-order valence-corrected chi connectivity index (χ2v) is 6.78. The molecule has 122 valence electrons. The standard InChI is InChI=1S/C16H14ClN5OS/c1-2-9-21(10-14-7-8-15(17)24-14)16(23)12-3-5-13(6-4-12)22-11-18-19-20-22/h2-8,11H,1,9-10H2. The molecule has 0 spiro atoms. The van der Waals surface area contributed by atoms with Crippen LogP contribution in [0.15, 0.2) is 55.4 Å². The highest BCUT2D eigenvalue weighted by atomic mass is 35.5. The van der Waals surface area contributed by atoms with Gasteiger partial charge < -0.3 is 4.90 Å². The molecule has 2 aromatic heterocycles. The average Bonchev–Trinajstić information content (AvgIpc) is 3.26. The highest BCUT2D eigenvalue weighted by Gasteiger charge is 2.16. The third-order valence-corrected chi connectivity index (χ3v) is 4.56. The van der Waals surface area contributed by atoms with E-state index in [0.717, 1.165) is 10.6 Å². The summed E-state index contributed by atoms with van der Waals surface area (Å²) in [5.74, 6) is -0.0670. The number of halogens is 1. The normalized spacial score (nSPS) is 10.5. The monoisotopic (exact) mass is 359 g/mol. The summed E-state index contributed by atoms with van der Waals surface area (Å²) in [6.07, 6.45) is 3.21. The molecule has 0 bridgehead atoms. The van der Waals surface area contributed by atoms with Crippen molar-refractivity contribution in [3.8, 4) is 5.69 Å². The SMILES string of the molecule is C=CCN(Cc1ccc(Cl)s1)C(=O)c1ccc(-n2cnnn2)cc1. The first kappa shape index (κ1) is 16.4. The molecule has 1 aromatic carbocycles. The van der Waals surface area contributed by atoms with Crippen molar-refractivity contribution in [2.45, 2.75) is 6.54 Å². The molecule has 24 heavy (non-hydrogen) atoms. The Morgan fingerprint density at radius 1 is 1.29 bits per heavy atom. The molecule has 0 aliphatic carbocycles. The van der Waals surface area contributed by atoms with Gasteiger partial charge >= 0.3 is 0 Å². The lowest BCUT2D eigenvalue weighted by molar-refractivity contribution is 0.0764. The molecule has 0 saturated carbocycles. The fraction of sp³-hybridized carbons (Fsp3) is 0.125. The van der Waals surface area contributed by atoms with Crippen LogP contribution < -0.4 is 0 Å². The molecule has 0 unspecified atom stereocenters. The van der Waals surface area contributed by atoms with E-state index in [2.05, 4.69) is 22.1 Å². The number of carbonyl (C=O) groups is 1. The highest BCUT2D eigenvalue weighted by Crippen LogP contribution is 2.23. The topological polar surface area (TPSA) is 63.9 Å². The van der Waals surface area contributed by atoms with Crippen molar-refractivity contribution in [3.05, 3.63) is 70.2 Å². The van der Waals surface area contributed by atoms with Gasteiger partial charge in [-0.15, -0.1) is 23.0 Å². The Labute approximate surface area is 148 Å². The molecule has 0 fully saturated rings. The summed E-state index contributed by atoms with van der Waals surface area (Å²) in [4.78, 5) is 15.5. The van der Waals surface area contributed by atoms with Crippen LogP contribution in [0.5, 0.6) is 0 Å². The van der Waals surface area contributed by atoms with Crippen LogP contribution in [0.25, 0.3) is 5.69 Å². The molecule has 0 N–H and O–H groups in total. The van der Waals surface area contributed by atoms with Gasteiger partial charge in [-0.05, 0) is 46.8 Å². The largest absolute Gasteiger partial charge is 0.330 e. The maximum Gasteiger partial charge on any atom is 0.254 e. The number of amides is 1. The predicted octanol–water partition coefficient (Wildman–Crippen LogP) is 3.21. The number of thiophene rings is 1. The van der Waals surface area contributed by atoms with Crippen LogP contribution >= 0.6 is 22.9 Å². The molecular formula is C16H14ClN5OS. The molecule has 3 aromatic rings. The van der Waals surface area contributed by atoms with Crippen molar-refractivity contribution in [1.82, 2.24) is 25.1 Å². The van der Waals surface area contributed by atoms with Crippen molar-refractivity contribution in [2.24, 2.45) is 0 Å². The fourth-order valence-electron chi connectivity index (χ4n) is 2.22. The third kappa shape index (κ3) is 3.69. The maximum absolute atomic E-state index is 12.7. The zero-order valence-electron chi connectivity index (χ0n) is 12.7. The van der Waals surface area contributed by atoms with Gasteiger partial charge in [0.15, 0.2) is 0 Å². The number of hydrogen-bond acceptors (Lipinski definition) is 5. The lowest BCUT2D eigenvalue weighted by Crippen LogP contribution is -2.30. The number of carbonyl (C=O) groups excluding carboxylic acids is 1. The first-order valence-electron chi connectivity index (χ1n) is 7.15. The summed E-state index contributed by atoms with van der Waals surface area (Å²) >= 11 is 7.43. The van der Waals surface area contributed by atoms with E-state index in [-0.39, 0.29) is 5.91 Å². The molecule has 1 amide bonds. The zero-order chi connectivity index (χ0) is 16.9. The van der Waals surface area contributed by atoms with E-state index in [1.807, 2.05) is 12.1 Å². The fourth-order valence-corrected chi connectivity index (χ4v) is 3.32. The van der Waals surface area contributed by atoms with Crippen molar-refractivity contribution in [1.29, 1.82) is 0 Å². The Morgan fingerprint density at radius 2 is 2.08 bits per heavy atom. The van der Waals surface area contributed by atoms with Gasteiger partial charge in [-0.1, -0.05) is 17.7 Å². The molecule has 3 rings (SSSR count). The summed E-state index contributed by atoms with van der Waals surface area (Å²) in [6.45, 7) is 4.69. The van der Waals surface area contributed by atoms with Gasteiger partial charge in [0.25, 0.3) is 5.91 Å². The summed E-state index contributed by atoms with van der Waals surface area (Å²) in [7, 11) is 0. The first-order valence-corrected chi connectivity index (χ1v) is 8.34. The molecule has 0 radical (unpaired) electrons. The zero-order valence-corrected chi connectivity index (χ0v) is 14.2. The quantitative estimate of drug-likeness (QED) is 0.634. The van der Waals surface area contributed by atoms with Gasteiger partial charge in [-0.25, -0.2) is 4.68 Å². The van der Waals surface area contributed by atoms with Gasteiger partial charge in [-0.3, -0.25) is 4.79 Å². The van der Waals surface area contributed by atoms with Crippen LogP contribution in [0.2, 0.25) is 4.34 Å². The van der Waals surface area contributed by atoms with E-state index in [1.165, 1.54) is 22.3 Å². The summed E-state index contributed by atoms with van der Waals surface area (Å²) in [5, 5.41) is 11.0. The van der Waals surface area contributed by atoms with E-state index in [0.29, 0.717) is 23.0 Å². The molecule has 6 nitrogen and oxygen atoms in total. The number of hydrogen-bond donors (Lipinski definition) is 0. The molecule has 0 saturated heterocycles. The summed E-state index contributed by atoms with van der Waals surface area (Å²) in [5.41, 5.74) is 1.38. The van der Waals surface area contributed by atoms with E-state index >= 15 is 0 Å². The number of nitrogens with zero attached hydrogens (tertiary/aromatic N) is 5. The molecule has 0 aliphatic rings. The Morgan fingerprint density at radius 3 is 2.67 bits per heavy atom. The van der Waals surface area contributed by atoms with Crippen molar-refractivity contribution < 1.29 is 4.79 Å². The molecule has 8 heteroatoms. The second-order valence-electron chi connectivity index (χ2n) is 4.98. The van der Waals surface area contributed by atoms with Crippen molar-refractivity contribution in [2.75, 3.05) is 6.54 Å². The van der Waals surface area contributed by atoms with Crippen LogP contribution in [-0.4, -0.2) is 37.6 Å². The number of benzene rings is 1. The van der Waals surface area contributed by atoms with Crippen molar-refractivity contribution in [3.63, 3.8) is 0 Å². The lowest BCUT2D eigenvalue weighted by Gasteiger charge is -2.20. The lowest BCUT2D eigenvalue weighted by atomic mass is 10.1. The van der Waals surface area contributed by atoms with Gasteiger partial charge in [-0.2, -0.15) is 0 Å². The predicted molar refractivity (Wildman–Crippen MR) is 93.4 cm³/mol. The van der Waals surface area contributed by atoms with E-state index in [9.17, 15) is 4.79 Å². The Hall–Kier alpha value is -2.51. The highest BCUT2D eigenvalue weighted by molar-refractivity contribution is 7.16. The summed E-state index contributed by atoms with van der Waals surface area (Å²) in [6, 6.07) is 10.9. The van der Waals surface area contributed by atoms with E-state index < -0.39 is 0 Å². The first-order chi connectivity index (χ1) is 11.7. The minimum Gasteiger partial charge on any atom is -0.330 e. The van der Waals surface area contributed by atoms with E-state index in [4.69, 9.17) is 11.6 Å².